The summed E-state index contributed by atoms with van der Waals surface area (Å²) in [5, 5.41) is 4.18. The second kappa shape index (κ2) is 5.59. The van der Waals surface area contributed by atoms with Gasteiger partial charge in [-0.15, -0.1) is 0 Å². The topological polar surface area (TPSA) is 41.0 Å². The minimum absolute atomic E-state index is 0.117. The zero-order chi connectivity index (χ0) is 15.8. The molecule has 0 aliphatic carbocycles. The van der Waals surface area contributed by atoms with Crippen LogP contribution >= 0.6 is 0 Å². The smallest absolute Gasteiger partial charge is 0.137 e. The molecule has 4 nitrogen and oxygen atoms in total. The van der Waals surface area contributed by atoms with Gasteiger partial charge in [-0.05, 0) is 36.4 Å². The van der Waals surface area contributed by atoms with Crippen LogP contribution in [0.3, 0.4) is 0 Å². The highest BCUT2D eigenvalue weighted by molar-refractivity contribution is 5.88. The number of aromatic nitrogens is 2. The van der Waals surface area contributed by atoms with Crippen molar-refractivity contribution in [1.29, 1.82) is 0 Å². The number of hydrogen-bond acceptors (Lipinski definition) is 4. The highest BCUT2D eigenvalue weighted by Gasteiger charge is 2.23. The molecule has 0 amide bonds. The Hall–Kier alpha value is -2.53. The predicted octanol–water partition coefficient (Wildman–Crippen LogP) is 3.37. The Morgan fingerprint density at radius 2 is 2.04 bits per heavy atom. The van der Waals surface area contributed by atoms with Crippen molar-refractivity contribution in [3.05, 3.63) is 65.7 Å². The summed E-state index contributed by atoms with van der Waals surface area (Å²) in [6, 6.07) is 13.1. The molecular weight excluding hydrogens is 291 g/mol. The molecule has 2 heterocycles. The third-order valence-corrected chi connectivity index (χ3v) is 4.27. The van der Waals surface area contributed by atoms with Gasteiger partial charge < -0.3 is 5.32 Å². The van der Waals surface area contributed by atoms with Gasteiger partial charge in [0.15, 0.2) is 0 Å². The summed E-state index contributed by atoms with van der Waals surface area (Å²) in [5.74, 6) is 0.390. The van der Waals surface area contributed by atoms with Crippen LogP contribution in [0.1, 0.15) is 17.2 Å². The van der Waals surface area contributed by atoms with Crippen LogP contribution in [-0.4, -0.2) is 28.5 Å². The summed E-state index contributed by atoms with van der Waals surface area (Å²) in [6.45, 7) is 1.81. The first kappa shape index (κ1) is 14.1. The molecule has 1 aromatic heterocycles. The lowest BCUT2D eigenvalue weighted by molar-refractivity contribution is 0.291. The molecule has 2 aromatic carbocycles. The van der Waals surface area contributed by atoms with Crippen molar-refractivity contribution < 1.29 is 4.39 Å². The standard InChI is InChI=1S/C18H17FN4/c1-23-9-12-4-2-3-5-14(12)17(10-23)22-18-15-8-13(19)6-7-16(15)20-11-21-18/h2-8,11,17H,9-10H2,1H3,(H,20,21,22). The Morgan fingerprint density at radius 1 is 1.17 bits per heavy atom. The van der Waals surface area contributed by atoms with Crippen molar-refractivity contribution in [3.63, 3.8) is 0 Å². The number of halogens is 1. The van der Waals surface area contributed by atoms with Crippen LogP contribution in [0.15, 0.2) is 48.8 Å². The maximum atomic E-state index is 13.6. The minimum atomic E-state index is -0.281. The third-order valence-electron chi connectivity index (χ3n) is 4.27. The van der Waals surface area contributed by atoms with E-state index in [1.54, 1.807) is 6.07 Å². The first-order valence-electron chi connectivity index (χ1n) is 7.64. The van der Waals surface area contributed by atoms with Gasteiger partial charge in [0, 0.05) is 18.5 Å². The van der Waals surface area contributed by atoms with E-state index in [0.29, 0.717) is 11.2 Å². The molecule has 23 heavy (non-hydrogen) atoms. The quantitative estimate of drug-likeness (QED) is 0.788. The van der Waals surface area contributed by atoms with E-state index in [1.165, 1.54) is 29.6 Å². The van der Waals surface area contributed by atoms with E-state index in [9.17, 15) is 4.39 Å². The molecule has 0 radical (unpaired) electrons. The lowest BCUT2D eigenvalue weighted by atomic mass is 9.95. The molecule has 1 aliphatic heterocycles. The van der Waals surface area contributed by atoms with Gasteiger partial charge in [-0.2, -0.15) is 0 Å². The van der Waals surface area contributed by atoms with Gasteiger partial charge in [0.25, 0.3) is 0 Å². The van der Waals surface area contributed by atoms with Crippen molar-refractivity contribution >= 4 is 16.7 Å². The normalized spacial score (nSPS) is 17.9. The highest BCUT2D eigenvalue weighted by Crippen LogP contribution is 2.30. The number of benzene rings is 2. The van der Waals surface area contributed by atoms with Crippen molar-refractivity contribution in [2.45, 2.75) is 12.6 Å². The zero-order valence-corrected chi connectivity index (χ0v) is 12.8. The van der Waals surface area contributed by atoms with E-state index in [2.05, 4.69) is 51.5 Å². The van der Waals surface area contributed by atoms with E-state index in [-0.39, 0.29) is 11.9 Å². The monoisotopic (exact) mass is 308 g/mol. The summed E-state index contributed by atoms with van der Waals surface area (Å²) < 4.78 is 13.6. The number of hydrogen-bond donors (Lipinski definition) is 1. The van der Waals surface area contributed by atoms with Crippen molar-refractivity contribution in [2.75, 3.05) is 18.9 Å². The number of likely N-dealkylation sites (N-methyl/N-ethyl adjacent to an activating group) is 1. The van der Waals surface area contributed by atoms with Crippen molar-refractivity contribution in [2.24, 2.45) is 0 Å². The molecule has 5 heteroatoms. The Labute approximate surface area is 134 Å². The first-order valence-corrected chi connectivity index (χ1v) is 7.64. The molecule has 1 unspecified atom stereocenters. The molecule has 0 spiro atoms. The fraction of sp³-hybridized carbons (Fsp3) is 0.222. The summed E-state index contributed by atoms with van der Waals surface area (Å²) >= 11 is 0. The molecule has 1 atom stereocenters. The summed E-state index contributed by atoms with van der Waals surface area (Å²) in [4.78, 5) is 10.8. The molecule has 3 aromatic rings. The van der Waals surface area contributed by atoms with Crippen LogP contribution in [-0.2, 0) is 6.54 Å². The van der Waals surface area contributed by atoms with Crippen LogP contribution in [0.4, 0.5) is 10.2 Å². The van der Waals surface area contributed by atoms with Gasteiger partial charge in [-0.3, -0.25) is 4.90 Å². The highest BCUT2D eigenvalue weighted by atomic mass is 19.1. The lowest BCUT2D eigenvalue weighted by Gasteiger charge is -2.33. The Balaban J connectivity index is 1.75. The molecule has 4 rings (SSSR count). The molecule has 116 valence electrons. The Kier molecular flexibility index (Phi) is 3.42. The van der Waals surface area contributed by atoms with E-state index in [0.717, 1.165) is 18.6 Å². The minimum Gasteiger partial charge on any atom is -0.361 e. The van der Waals surface area contributed by atoms with Gasteiger partial charge in [0.2, 0.25) is 0 Å². The van der Waals surface area contributed by atoms with E-state index < -0.39 is 0 Å². The summed E-state index contributed by atoms with van der Waals surface area (Å²) in [6.07, 6.45) is 1.51. The van der Waals surface area contributed by atoms with E-state index >= 15 is 0 Å². The summed E-state index contributed by atoms with van der Waals surface area (Å²) in [7, 11) is 2.10. The lowest BCUT2D eigenvalue weighted by Crippen LogP contribution is -2.34. The SMILES string of the molecule is CN1Cc2ccccc2C(Nc2ncnc3ccc(F)cc23)C1. The molecule has 1 aliphatic rings. The van der Waals surface area contributed by atoms with Gasteiger partial charge >= 0.3 is 0 Å². The molecule has 0 saturated heterocycles. The number of nitrogens with one attached hydrogen (secondary N) is 1. The van der Waals surface area contributed by atoms with Gasteiger partial charge in [-0.25, -0.2) is 14.4 Å². The van der Waals surface area contributed by atoms with Crippen LogP contribution in [0.5, 0.6) is 0 Å². The Morgan fingerprint density at radius 3 is 2.96 bits per heavy atom. The molecule has 0 fully saturated rings. The average Bonchev–Trinajstić information content (AvgIpc) is 2.55. The second-order valence-corrected chi connectivity index (χ2v) is 5.98. The predicted molar refractivity (Wildman–Crippen MR) is 88.6 cm³/mol. The fourth-order valence-electron chi connectivity index (χ4n) is 3.22. The van der Waals surface area contributed by atoms with Crippen LogP contribution in [0.25, 0.3) is 10.9 Å². The van der Waals surface area contributed by atoms with Crippen molar-refractivity contribution in [3.8, 4) is 0 Å². The fourth-order valence-corrected chi connectivity index (χ4v) is 3.22. The molecule has 0 bridgehead atoms. The van der Waals surface area contributed by atoms with Crippen LogP contribution in [0.2, 0.25) is 0 Å². The maximum Gasteiger partial charge on any atom is 0.137 e. The van der Waals surface area contributed by atoms with Crippen LogP contribution in [0, 0.1) is 5.82 Å². The van der Waals surface area contributed by atoms with Gasteiger partial charge in [0.1, 0.15) is 18.0 Å². The van der Waals surface area contributed by atoms with E-state index in [1.807, 2.05) is 0 Å². The largest absolute Gasteiger partial charge is 0.361 e. The number of anilines is 1. The van der Waals surface area contributed by atoms with E-state index in [4.69, 9.17) is 0 Å². The van der Waals surface area contributed by atoms with Gasteiger partial charge in [0.05, 0.1) is 11.6 Å². The van der Waals surface area contributed by atoms with Gasteiger partial charge in [-0.1, -0.05) is 24.3 Å². The zero-order valence-electron chi connectivity index (χ0n) is 12.8. The number of rotatable bonds is 2. The first-order chi connectivity index (χ1) is 11.2. The maximum absolute atomic E-state index is 13.6. The Bertz CT molecular complexity index is 865. The average molecular weight is 308 g/mol. The number of fused-ring (bicyclic) bond motifs is 2. The molecule has 0 saturated carbocycles. The van der Waals surface area contributed by atoms with Crippen molar-refractivity contribution in [1.82, 2.24) is 14.9 Å². The third kappa shape index (κ3) is 2.64. The second-order valence-electron chi connectivity index (χ2n) is 5.98. The van der Waals surface area contributed by atoms with Crippen LogP contribution < -0.4 is 5.32 Å². The number of nitrogens with zero attached hydrogens (tertiary/aromatic N) is 3. The molecular formula is C18H17FN4. The molecule has 1 N–H and O–H groups in total. The summed E-state index contributed by atoms with van der Waals surface area (Å²) in [5.41, 5.74) is 3.32.